The van der Waals surface area contributed by atoms with Crippen molar-refractivity contribution < 1.29 is 29.1 Å². The first kappa shape index (κ1) is 18.4. The Labute approximate surface area is 155 Å². The van der Waals surface area contributed by atoms with E-state index in [1.807, 2.05) is 6.07 Å². The summed E-state index contributed by atoms with van der Waals surface area (Å²) in [6.07, 6.45) is 0. The van der Waals surface area contributed by atoms with Crippen LogP contribution in [0.1, 0.15) is 34.0 Å². The van der Waals surface area contributed by atoms with Gasteiger partial charge in [-0.15, -0.1) is 11.3 Å². The molecule has 0 saturated carbocycles. The van der Waals surface area contributed by atoms with Crippen molar-refractivity contribution in [1.82, 2.24) is 10.2 Å². The van der Waals surface area contributed by atoms with Crippen LogP contribution in [0.25, 0.3) is 10.1 Å². The maximum atomic E-state index is 11.3. The normalized spacial score (nSPS) is 12.1. The smallest absolute Gasteiger partial charge is 0.339 e. The molecule has 3 aromatic rings. The zero-order chi connectivity index (χ0) is 19.7. The number of hydroxylamine groups is 2. The number of hydrogen-bond acceptors (Lipinski definition) is 8. The summed E-state index contributed by atoms with van der Waals surface area (Å²) in [6.45, 7) is 1.45. The molecule has 3 rings (SSSR count). The maximum absolute atomic E-state index is 11.3. The lowest BCUT2D eigenvalue weighted by Gasteiger charge is -2.18. The molecule has 12 heteroatoms. The molecule has 0 radical (unpaired) electrons. The Morgan fingerprint density at radius 2 is 2.19 bits per heavy atom. The lowest BCUT2D eigenvalue weighted by molar-refractivity contribution is -0.803. The summed E-state index contributed by atoms with van der Waals surface area (Å²) >= 11 is 1.35. The summed E-state index contributed by atoms with van der Waals surface area (Å²) in [5, 5.41) is 25.8. The van der Waals surface area contributed by atoms with Crippen molar-refractivity contribution in [2.45, 2.75) is 19.6 Å². The van der Waals surface area contributed by atoms with Crippen molar-refractivity contribution in [2.24, 2.45) is 11.5 Å². The van der Waals surface area contributed by atoms with E-state index in [-0.39, 0.29) is 17.2 Å². The summed E-state index contributed by atoms with van der Waals surface area (Å²) in [7, 11) is 0. The summed E-state index contributed by atoms with van der Waals surface area (Å²) in [4.78, 5) is 23.0. The molecule has 0 saturated heterocycles. The molecule has 1 aromatic carbocycles. The van der Waals surface area contributed by atoms with Crippen LogP contribution in [-0.4, -0.2) is 27.4 Å². The molecule has 27 heavy (non-hydrogen) atoms. The highest BCUT2D eigenvalue weighted by Gasteiger charge is 2.25. The van der Waals surface area contributed by atoms with Gasteiger partial charge in [-0.1, -0.05) is 0 Å². The highest BCUT2D eigenvalue weighted by Crippen LogP contribution is 2.34. The number of nitrogens with two attached hydrogens (primary N) is 2. The Kier molecular flexibility index (Phi) is 4.83. The molecule has 1 unspecified atom stereocenters. The van der Waals surface area contributed by atoms with Gasteiger partial charge in [0.05, 0.1) is 6.04 Å². The van der Waals surface area contributed by atoms with E-state index in [4.69, 9.17) is 16.2 Å². The van der Waals surface area contributed by atoms with Crippen LogP contribution >= 0.6 is 11.3 Å². The number of urea groups is 1. The molecule has 0 aliphatic heterocycles. The van der Waals surface area contributed by atoms with E-state index in [1.54, 1.807) is 25.1 Å². The second-order valence-corrected chi connectivity index (χ2v) is 6.70. The van der Waals surface area contributed by atoms with Crippen molar-refractivity contribution >= 4 is 33.4 Å². The van der Waals surface area contributed by atoms with Gasteiger partial charge in [0.2, 0.25) is 0 Å². The second kappa shape index (κ2) is 7.09. The van der Waals surface area contributed by atoms with E-state index in [9.17, 15) is 20.0 Å². The number of amides is 3. The van der Waals surface area contributed by atoms with Gasteiger partial charge in [-0.3, -0.25) is 14.6 Å². The average Bonchev–Trinajstić information content (AvgIpc) is 3.21. The third-order valence-corrected chi connectivity index (χ3v) is 5.07. The van der Waals surface area contributed by atoms with Gasteiger partial charge >= 0.3 is 6.03 Å². The summed E-state index contributed by atoms with van der Waals surface area (Å²) in [5.74, 6) is -0.518. The Morgan fingerprint density at radius 1 is 1.44 bits per heavy atom. The highest BCUT2D eigenvalue weighted by atomic mass is 32.1. The average molecular weight is 393 g/mol. The van der Waals surface area contributed by atoms with Crippen LogP contribution in [0.4, 0.5) is 4.79 Å². The fourth-order valence-corrected chi connectivity index (χ4v) is 3.52. The summed E-state index contributed by atoms with van der Waals surface area (Å²) in [5.41, 5.74) is 9.75. The Bertz CT molecular complexity index is 1020. The summed E-state index contributed by atoms with van der Waals surface area (Å²) < 4.78 is 10.7. The number of ether oxygens (including phenoxy) is 1. The zero-order valence-electron chi connectivity index (χ0n) is 14.0. The second-order valence-electron chi connectivity index (χ2n) is 5.59. The van der Waals surface area contributed by atoms with Crippen molar-refractivity contribution in [1.29, 1.82) is 0 Å². The molecule has 0 fully saturated rings. The van der Waals surface area contributed by atoms with Gasteiger partial charge in [0, 0.05) is 14.7 Å². The first-order valence-electron chi connectivity index (χ1n) is 7.60. The number of primary amides is 2. The SMILES string of the molecule is CC(c1cc2ccc(OCc3no[n+]([O-])c3C(N)=O)cc2s1)N(O)C(N)=O. The first-order valence-corrected chi connectivity index (χ1v) is 8.41. The molecular weight excluding hydrogens is 378 g/mol. The van der Waals surface area contributed by atoms with Crippen LogP contribution < -0.4 is 21.1 Å². The molecule has 5 N–H and O–H groups in total. The number of benzene rings is 1. The van der Waals surface area contributed by atoms with Crippen LogP contribution in [0.5, 0.6) is 5.75 Å². The summed E-state index contributed by atoms with van der Waals surface area (Å²) in [6, 6.07) is 5.47. The van der Waals surface area contributed by atoms with Crippen LogP contribution in [0, 0.1) is 5.21 Å². The Balaban J connectivity index is 1.79. The molecule has 0 aliphatic rings. The standard InChI is InChI=1S/C15H15N5O6S/c1-7(19(23)15(17)22)11-4-8-2-3-9(5-12(8)27-11)25-6-10-13(14(16)21)20(24)26-18-10/h2-5,7,23H,6H2,1H3,(H2,16,21)(H2,17,22). The minimum Gasteiger partial charge on any atom is -0.485 e. The van der Waals surface area contributed by atoms with E-state index in [2.05, 4.69) is 9.79 Å². The van der Waals surface area contributed by atoms with Crippen molar-refractivity contribution in [3.8, 4) is 5.75 Å². The van der Waals surface area contributed by atoms with Gasteiger partial charge in [-0.25, -0.2) is 4.79 Å². The van der Waals surface area contributed by atoms with Crippen LogP contribution in [0.15, 0.2) is 28.9 Å². The number of hydrogen-bond donors (Lipinski definition) is 3. The first-order chi connectivity index (χ1) is 12.8. The molecule has 2 aromatic heterocycles. The fourth-order valence-electron chi connectivity index (χ4n) is 2.39. The minimum absolute atomic E-state index is 0.0181. The van der Waals surface area contributed by atoms with Gasteiger partial charge in [0.25, 0.3) is 17.3 Å². The van der Waals surface area contributed by atoms with E-state index >= 15 is 0 Å². The van der Waals surface area contributed by atoms with E-state index in [0.29, 0.717) is 10.8 Å². The van der Waals surface area contributed by atoms with Crippen molar-refractivity contribution in [3.63, 3.8) is 0 Å². The third kappa shape index (κ3) is 3.61. The number of carbonyl (C=O) groups is 2. The molecule has 11 nitrogen and oxygen atoms in total. The molecular formula is C15H15N5O6S. The van der Waals surface area contributed by atoms with E-state index in [1.165, 1.54) is 11.3 Å². The monoisotopic (exact) mass is 393 g/mol. The molecule has 142 valence electrons. The lowest BCUT2D eigenvalue weighted by atomic mass is 10.2. The van der Waals surface area contributed by atoms with Gasteiger partial charge in [-0.05, 0) is 41.5 Å². The Hall–Kier alpha value is -3.38. The number of nitrogens with zero attached hydrogens (tertiary/aromatic N) is 3. The fraction of sp³-hybridized carbons (Fsp3) is 0.200. The molecule has 1 atom stereocenters. The predicted molar refractivity (Wildman–Crippen MR) is 91.8 cm³/mol. The van der Waals surface area contributed by atoms with Crippen molar-refractivity contribution in [2.75, 3.05) is 0 Å². The number of aromatic nitrogens is 2. The number of fused-ring (bicyclic) bond motifs is 1. The third-order valence-electron chi connectivity index (χ3n) is 3.81. The van der Waals surface area contributed by atoms with Gasteiger partial charge in [0.1, 0.15) is 5.75 Å². The van der Waals surface area contributed by atoms with Crippen molar-refractivity contribution in [3.05, 3.63) is 45.7 Å². The van der Waals surface area contributed by atoms with Gasteiger partial charge < -0.3 is 21.4 Å². The topological polar surface area (TPSA) is 172 Å². The number of thiophene rings is 1. The lowest BCUT2D eigenvalue weighted by Crippen LogP contribution is -2.35. The largest absolute Gasteiger partial charge is 0.485 e. The number of carbonyl (C=O) groups excluding carboxylic acids is 2. The quantitative estimate of drug-likeness (QED) is 0.319. The van der Waals surface area contributed by atoms with Crippen LogP contribution in [-0.2, 0) is 6.61 Å². The Morgan fingerprint density at radius 3 is 2.85 bits per heavy atom. The molecule has 0 aliphatic carbocycles. The minimum atomic E-state index is -0.972. The predicted octanol–water partition coefficient (Wildman–Crippen LogP) is 1.03. The maximum Gasteiger partial charge on any atom is 0.339 e. The molecule has 0 spiro atoms. The van der Waals surface area contributed by atoms with Gasteiger partial charge in [0.15, 0.2) is 6.61 Å². The van der Waals surface area contributed by atoms with E-state index < -0.39 is 23.7 Å². The zero-order valence-corrected chi connectivity index (χ0v) is 14.8. The highest BCUT2D eigenvalue weighted by molar-refractivity contribution is 7.19. The van der Waals surface area contributed by atoms with E-state index in [0.717, 1.165) is 15.0 Å². The molecule has 2 heterocycles. The van der Waals surface area contributed by atoms with Gasteiger partial charge in [-0.2, -0.15) is 5.06 Å². The van der Waals surface area contributed by atoms with Crippen LogP contribution in [0.3, 0.4) is 0 Å². The molecule has 3 amide bonds. The van der Waals surface area contributed by atoms with Crippen LogP contribution in [0.2, 0.25) is 0 Å². The molecule has 0 bridgehead atoms. The number of rotatable bonds is 6.